The molecule has 0 unspecified atom stereocenters. The van der Waals surface area contributed by atoms with Crippen LogP contribution in [0.3, 0.4) is 0 Å². The molecule has 0 aliphatic rings. The number of rotatable bonds is 5. The van der Waals surface area contributed by atoms with Gasteiger partial charge in [0.25, 0.3) is 0 Å². The summed E-state index contributed by atoms with van der Waals surface area (Å²) in [4.78, 5) is 15.8. The van der Waals surface area contributed by atoms with Gasteiger partial charge in [-0.1, -0.05) is 18.2 Å². The summed E-state index contributed by atoms with van der Waals surface area (Å²) in [5, 5.41) is 0. The smallest absolute Gasteiger partial charge is 0.185 e. The number of carbonyl (C=O) groups excluding carboxylic acids is 1. The fraction of sp³-hybridized carbons (Fsp3) is 0.176. The maximum Gasteiger partial charge on any atom is 0.185 e. The Bertz CT molecular complexity index is 603. The van der Waals surface area contributed by atoms with Crippen molar-refractivity contribution in [3.8, 4) is 5.75 Å². The van der Waals surface area contributed by atoms with E-state index in [-0.39, 0.29) is 11.9 Å². The van der Waals surface area contributed by atoms with Crippen LogP contribution < -0.4 is 4.74 Å². The Morgan fingerprint density at radius 1 is 1.20 bits per heavy atom. The molecule has 0 amide bonds. The number of carbonyl (C=O) groups is 1. The van der Waals surface area contributed by atoms with Crippen LogP contribution in [0.4, 0.5) is 0 Å². The number of nitrogens with zero attached hydrogens (tertiary/aromatic N) is 1. The van der Waals surface area contributed by atoms with E-state index < -0.39 is 0 Å². The highest BCUT2D eigenvalue weighted by Crippen LogP contribution is 2.16. The van der Waals surface area contributed by atoms with Gasteiger partial charge in [-0.15, -0.1) is 0 Å². The van der Waals surface area contributed by atoms with E-state index in [0.717, 1.165) is 11.3 Å². The van der Waals surface area contributed by atoms with Crippen molar-refractivity contribution < 1.29 is 9.53 Å². The zero-order valence-corrected chi connectivity index (χ0v) is 11.6. The third kappa shape index (κ3) is 4.05. The average Bonchev–Trinajstić information content (AvgIpc) is 2.45. The second-order valence-corrected chi connectivity index (χ2v) is 4.67. The minimum absolute atomic E-state index is 0.0393. The molecule has 3 nitrogen and oxygen atoms in total. The van der Waals surface area contributed by atoms with Crippen molar-refractivity contribution in [3.63, 3.8) is 0 Å². The van der Waals surface area contributed by atoms with E-state index in [1.54, 1.807) is 36.7 Å². The number of benzene rings is 1. The number of hydrogen-bond donors (Lipinski definition) is 0. The molecule has 0 saturated heterocycles. The van der Waals surface area contributed by atoms with Gasteiger partial charge in [0, 0.05) is 18.0 Å². The van der Waals surface area contributed by atoms with Crippen molar-refractivity contribution in [1.29, 1.82) is 0 Å². The van der Waals surface area contributed by atoms with Gasteiger partial charge in [0.1, 0.15) is 5.75 Å². The molecule has 20 heavy (non-hydrogen) atoms. The number of allylic oxidation sites excluding steroid dienone is 1. The maximum absolute atomic E-state index is 11.9. The van der Waals surface area contributed by atoms with Gasteiger partial charge in [-0.25, -0.2) is 0 Å². The molecule has 0 radical (unpaired) electrons. The lowest BCUT2D eigenvalue weighted by molar-refractivity contribution is 0.104. The third-order valence-corrected chi connectivity index (χ3v) is 2.62. The fourth-order valence-electron chi connectivity index (χ4n) is 1.75. The zero-order chi connectivity index (χ0) is 14.4. The topological polar surface area (TPSA) is 39.2 Å². The van der Waals surface area contributed by atoms with Crippen molar-refractivity contribution in [2.75, 3.05) is 0 Å². The van der Waals surface area contributed by atoms with Crippen molar-refractivity contribution in [1.82, 2.24) is 4.98 Å². The molecule has 1 heterocycles. The van der Waals surface area contributed by atoms with Crippen LogP contribution in [0.5, 0.6) is 5.75 Å². The van der Waals surface area contributed by atoms with Crippen molar-refractivity contribution in [3.05, 3.63) is 66.0 Å². The first kappa shape index (κ1) is 14.0. The summed E-state index contributed by atoms with van der Waals surface area (Å²) in [5.74, 6) is 0.765. The molecule has 102 valence electrons. The summed E-state index contributed by atoms with van der Waals surface area (Å²) in [5.41, 5.74) is 1.57. The van der Waals surface area contributed by atoms with Gasteiger partial charge in [-0.3, -0.25) is 9.78 Å². The zero-order valence-electron chi connectivity index (χ0n) is 11.6. The largest absolute Gasteiger partial charge is 0.491 e. The van der Waals surface area contributed by atoms with Gasteiger partial charge in [0.2, 0.25) is 0 Å². The second-order valence-electron chi connectivity index (χ2n) is 4.67. The monoisotopic (exact) mass is 267 g/mol. The summed E-state index contributed by atoms with van der Waals surface area (Å²) in [6.07, 6.45) is 6.70. The van der Waals surface area contributed by atoms with Gasteiger partial charge in [-0.05, 0) is 49.8 Å². The van der Waals surface area contributed by atoms with Gasteiger partial charge in [-0.2, -0.15) is 0 Å². The molecule has 0 bridgehead atoms. The molecule has 0 atom stereocenters. The molecule has 0 saturated carbocycles. The summed E-state index contributed by atoms with van der Waals surface area (Å²) in [6, 6.07) is 11.1. The van der Waals surface area contributed by atoms with Crippen LogP contribution in [0.25, 0.3) is 6.08 Å². The molecule has 3 heteroatoms. The van der Waals surface area contributed by atoms with Gasteiger partial charge < -0.3 is 4.74 Å². The van der Waals surface area contributed by atoms with Gasteiger partial charge >= 0.3 is 0 Å². The Morgan fingerprint density at radius 2 is 1.95 bits per heavy atom. The molecule has 1 aromatic carbocycles. The standard InChI is InChI=1S/C17H17NO2/c1-13(2)20-16-5-3-4-14(12-16)6-7-17(19)15-8-10-18-11-9-15/h3-13H,1-2H3/b7-6+. The van der Waals surface area contributed by atoms with E-state index >= 15 is 0 Å². The SMILES string of the molecule is CC(C)Oc1cccc(/C=C/C(=O)c2ccncc2)c1. The van der Waals surface area contributed by atoms with Crippen LogP contribution in [0, 0.1) is 0 Å². The highest BCUT2D eigenvalue weighted by atomic mass is 16.5. The van der Waals surface area contributed by atoms with Crippen molar-refractivity contribution in [2.24, 2.45) is 0 Å². The quantitative estimate of drug-likeness (QED) is 0.611. The van der Waals surface area contributed by atoms with E-state index in [2.05, 4.69) is 4.98 Å². The van der Waals surface area contributed by atoms with Crippen molar-refractivity contribution in [2.45, 2.75) is 20.0 Å². The minimum Gasteiger partial charge on any atom is -0.491 e. The third-order valence-electron chi connectivity index (χ3n) is 2.62. The molecule has 0 fully saturated rings. The van der Waals surface area contributed by atoms with Crippen LogP contribution in [-0.2, 0) is 0 Å². The Hall–Kier alpha value is -2.42. The number of hydrogen-bond acceptors (Lipinski definition) is 3. The first-order chi connectivity index (χ1) is 9.65. The lowest BCUT2D eigenvalue weighted by Crippen LogP contribution is -2.05. The molecular weight excluding hydrogens is 250 g/mol. The predicted molar refractivity (Wildman–Crippen MR) is 79.8 cm³/mol. The normalized spacial score (nSPS) is 10.9. The van der Waals surface area contributed by atoms with E-state index in [1.165, 1.54) is 0 Å². The van der Waals surface area contributed by atoms with E-state index in [9.17, 15) is 4.79 Å². The van der Waals surface area contributed by atoms with E-state index in [1.807, 2.05) is 38.1 Å². The summed E-state index contributed by atoms with van der Waals surface area (Å²) < 4.78 is 5.62. The molecule has 0 aliphatic heterocycles. The molecule has 2 rings (SSSR count). The molecule has 2 aromatic rings. The van der Waals surface area contributed by atoms with E-state index in [0.29, 0.717) is 5.56 Å². The highest BCUT2D eigenvalue weighted by molar-refractivity contribution is 6.06. The van der Waals surface area contributed by atoms with Crippen LogP contribution in [0.2, 0.25) is 0 Å². The number of ether oxygens (including phenoxy) is 1. The Balaban J connectivity index is 2.09. The molecule has 1 aromatic heterocycles. The van der Waals surface area contributed by atoms with Crippen LogP contribution in [0.1, 0.15) is 29.8 Å². The van der Waals surface area contributed by atoms with E-state index in [4.69, 9.17) is 4.74 Å². The highest BCUT2D eigenvalue weighted by Gasteiger charge is 2.01. The molecular formula is C17H17NO2. The molecule has 0 N–H and O–H groups in total. The van der Waals surface area contributed by atoms with Crippen LogP contribution in [-0.4, -0.2) is 16.9 Å². The summed E-state index contributed by atoms with van der Waals surface area (Å²) in [7, 11) is 0. The lowest BCUT2D eigenvalue weighted by atomic mass is 10.1. The first-order valence-electron chi connectivity index (χ1n) is 6.54. The van der Waals surface area contributed by atoms with Gasteiger partial charge in [0.15, 0.2) is 5.78 Å². The lowest BCUT2D eigenvalue weighted by Gasteiger charge is -2.09. The first-order valence-corrected chi connectivity index (χ1v) is 6.54. The Kier molecular flexibility index (Phi) is 4.66. The molecule has 0 spiro atoms. The molecule has 0 aliphatic carbocycles. The Morgan fingerprint density at radius 3 is 2.65 bits per heavy atom. The number of pyridine rings is 1. The number of ketones is 1. The van der Waals surface area contributed by atoms with Crippen LogP contribution in [0.15, 0.2) is 54.9 Å². The summed E-state index contributed by atoms with van der Waals surface area (Å²) in [6.45, 7) is 3.96. The minimum atomic E-state index is -0.0393. The number of aromatic nitrogens is 1. The fourth-order valence-corrected chi connectivity index (χ4v) is 1.75. The predicted octanol–water partition coefficient (Wildman–Crippen LogP) is 3.76. The maximum atomic E-state index is 11.9. The second kappa shape index (κ2) is 6.66. The average molecular weight is 267 g/mol. The van der Waals surface area contributed by atoms with Crippen LogP contribution >= 0.6 is 0 Å². The van der Waals surface area contributed by atoms with Crippen molar-refractivity contribution >= 4 is 11.9 Å². The van der Waals surface area contributed by atoms with Gasteiger partial charge in [0.05, 0.1) is 6.10 Å². The Labute approximate surface area is 118 Å². The summed E-state index contributed by atoms with van der Waals surface area (Å²) >= 11 is 0.